The number of nitrogens with zero attached hydrogens (tertiary/aromatic N) is 2. The number of aromatic nitrogens is 2. The molecular weight excluding hydrogens is 371 g/mol. The first-order valence-electron chi connectivity index (χ1n) is 10.0. The second-order valence-electron chi connectivity index (χ2n) is 7.49. The zero-order chi connectivity index (χ0) is 20.2. The van der Waals surface area contributed by atoms with Crippen LogP contribution in [0.2, 0.25) is 0 Å². The second kappa shape index (κ2) is 8.80. The maximum atomic E-state index is 13.5. The van der Waals surface area contributed by atoms with Crippen molar-refractivity contribution in [1.82, 2.24) is 20.4 Å². The molecule has 1 fully saturated rings. The van der Waals surface area contributed by atoms with Crippen LogP contribution >= 0.6 is 0 Å². The molecule has 0 radical (unpaired) electrons. The number of nitrogens with one attached hydrogen (secondary N) is 2. The van der Waals surface area contributed by atoms with Crippen LogP contribution < -0.4 is 14.8 Å². The van der Waals surface area contributed by atoms with Crippen LogP contribution in [0.4, 0.5) is 4.39 Å². The average Bonchev–Trinajstić information content (AvgIpc) is 3.14. The fraction of sp³-hybridized carbons (Fsp3) is 0.409. The number of fused-ring (bicyclic) bond motifs is 1. The van der Waals surface area contributed by atoms with E-state index in [1.165, 1.54) is 12.1 Å². The second-order valence-corrected chi connectivity index (χ2v) is 7.49. The number of aromatic amines is 1. The van der Waals surface area contributed by atoms with Gasteiger partial charge in [0.05, 0.1) is 12.6 Å². The molecule has 0 aliphatic carbocycles. The van der Waals surface area contributed by atoms with Crippen LogP contribution in [0.3, 0.4) is 0 Å². The van der Waals surface area contributed by atoms with E-state index in [9.17, 15) is 4.39 Å². The van der Waals surface area contributed by atoms with Gasteiger partial charge in [0.25, 0.3) is 0 Å². The molecule has 29 heavy (non-hydrogen) atoms. The summed E-state index contributed by atoms with van der Waals surface area (Å²) in [5.74, 6) is 1.36. The molecule has 1 aromatic heterocycles. The van der Waals surface area contributed by atoms with Gasteiger partial charge in [0.15, 0.2) is 17.7 Å². The van der Waals surface area contributed by atoms with Crippen LogP contribution in [-0.4, -0.2) is 54.6 Å². The lowest BCUT2D eigenvalue weighted by Crippen LogP contribution is -2.53. The molecule has 4 rings (SSSR count). The molecule has 0 bridgehead atoms. The SMILES string of the molecule is COc1ccccc1OC(C(C)Cc1[nH]nc2cc(F)ccc12)N1CCNCC1. The molecule has 1 saturated heterocycles. The highest BCUT2D eigenvalue weighted by molar-refractivity contribution is 5.81. The zero-order valence-electron chi connectivity index (χ0n) is 16.8. The van der Waals surface area contributed by atoms with Gasteiger partial charge in [-0.1, -0.05) is 19.1 Å². The number of methoxy groups -OCH3 is 1. The van der Waals surface area contributed by atoms with Gasteiger partial charge in [-0.15, -0.1) is 0 Å². The lowest BCUT2D eigenvalue weighted by Gasteiger charge is -2.38. The lowest BCUT2D eigenvalue weighted by atomic mass is 10.00. The normalized spacial score (nSPS) is 17.2. The van der Waals surface area contributed by atoms with E-state index in [1.807, 2.05) is 24.3 Å². The number of rotatable bonds is 7. The fourth-order valence-corrected chi connectivity index (χ4v) is 3.95. The van der Waals surface area contributed by atoms with E-state index in [1.54, 1.807) is 13.2 Å². The highest BCUT2D eigenvalue weighted by Gasteiger charge is 2.29. The first kappa shape index (κ1) is 19.7. The highest BCUT2D eigenvalue weighted by atomic mass is 19.1. The molecule has 2 unspecified atom stereocenters. The van der Waals surface area contributed by atoms with Crippen LogP contribution in [0, 0.1) is 11.7 Å². The van der Waals surface area contributed by atoms with Gasteiger partial charge in [0.2, 0.25) is 0 Å². The minimum absolute atomic E-state index is 0.118. The largest absolute Gasteiger partial charge is 0.493 e. The molecule has 0 amide bonds. The van der Waals surface area contributed by atoms with Gasteiger partial charge in [0.1, 0.15) is 5.82 Å². The van der Waals surface area contributed by atoms with E-state index in [2.05, 4.69) is 27.3 Å². The van der Waals surface area contributed by atoms with Crippen LogP contribution in [0.15, 0.2) is 42.5 Å². The molecule has 2 aromatic carbocycles. The van der Waals surface area contributed by atoms with E-state index < -0.39 is 0 Å². The first-order chi connectivity index (χ1) is 14.2. The molecule has 2 atom stereocenters. The molecule has 1 aliphatic heterocycles. The van der Waals surface area contributed by atoms with E-state index in [0.29, 0.717) is 5.52 Å². The highest BCUT2D eigenvalue weighted by Crippen LogP contribution is 2.30. The number of hydrogen-bond acceptors (Lipinski definition) is 5. The monoisotopic (exact) mass is 398 g/mol. The Labute approximate surface area is 170 Å². The summed E-state index contributed by atoms with van der Waals surface area (Å²) >= 11 is 0. The van der Waals surface area contributed by atoms with E-state index in [4.69, 9.17) is 9.47 Å². The number of hydrogen-bond donors (Lipinski definition) is 2. The molecule has 3 aromatic rings. The first-order valence-corrected chi connectivity index (χ1v) is 10.0. The number of piperazine rings is 1. The number of H-pyrrole nitrogens is 1. The fourth-order valence-electron chi connectivity index (χ4n) is 3.95. The summed E-state index contributed by atoms with van der Waals surface area (Å²) < 4.78 is 25.5. The minimum Gasteiger partial charge on any atom is -0.493 e. The molecule has 2 heterocycles. The van der Waals surface area contributed by atoms with Crippen molar-refractivity contribution < 1.29 is 13.9 Å². The smallest absolute Gasteiger partial charge is 0.163 e. The van der Waals surface area contributed by atoms with Crippen LogP contribution in [0.25, 0.3) is 10.9 Å². The van der Waals surface area contributed by atoms with Gasteiger partial charge in [-0.3, -0.25) is 10.00 Å². The standard InChI is InChI=1S/C22H27FN4O2/c1-15(13-18-17-8-7-16(23)14-19(17)26-25-18)22(27-11-9-24-10-12-27)29-21-6-4-3-5-20(21)28-2/h3-8,14-15,22,24H,9-13H2,1-2H3,(H,25,26). The summed E-state index contributed by atoms with van der Waals surface area (Å²) in [6.07, 6.45) is 0.624. The number of ether oxygens (including phenoxy) is 2. The van der Waals surface area contributed by atoms with Crippen molar-refractivity contribution in [2.45, 2.75) is 19.6 Å². The van der Waals surface area contributed by atoms with Gasteiger partial charge >= 0.3 is 0 Å². The van der Waals surface area contributed by atoms with Gasteiger partial charge in [0, 0.05) is 49.2 Å². The summed E-state index contributed by atoms with van der Waals surface area (Å²) in [5, 5.41) is 11.7. The molecule has 6 nitrogen and oxygen atoms in total. The van der Waals surface area contributed by atoms with E-state index in [0.717, 1.165) is 55.2 Å². The summed E-state index contributed by atoms with van der Waals surface area (Å²) in [5.41, 5.74) is 1.65. The summed E-state index contributed by atoms with van der Waals surface area (Å²) in [6, 6.07) is 12.5. The van der Waals surface area contributed by atoms with Crippen LogP contribution in [0.1, 0.15) is 12.6 Å². The molecular formula is C22H27FN4O2. The van der Waals surface area contributed by atoms with Gasteiger partial charge in [-0.2, -0.15) is 5.10 Å². The Hall–Kier alpha value is -2.64. The summed E-state index contributed by atoms with van der Waals surface area (Å²) in [6.45, 7) is 5.88. The van der Waals surface area contributed by atoms with Crippen molar-refractivity contribution in [3.8, 4) is 11.5 Å². The lowest BCUT2D eigenvalue weighted by molar-refractivity contribution is -0.0220. The third kappa shape index (κ3) is 4.36. The maximum Gasteiger partial charge on any atom is 0.163 e. The Bertz CT molecular complexity index is 955. The minimum atomic E-state index is -0.276. The van der Waals surface area contributed by atoms with Crippen molar-refractivity contribution in [3.63, 3.8) is 0 Å². The predicted molar refractivity (Wildman–Crippen MR) is 111 cm³/mol. The van der Waals surface area contributed by atoms with Crippen LogP contribution in [-0.2, 0) is 6.42 Å². The molecule has 1 aliphatic rings. The maximum absolute atomic E-state index is 13.5. The number of halogens is 1. The van der Waals surface area contributed by atoms with Crippen molar-refractivity contribution >= 4 is 10.9 Å². The molecule has 154 valence electrons. The zero-order valence-corrected chi connectivity index (χ0v) is 16.8. The van der Waals surface area contributed by atoms with E-state index >= 15 is 0 Å². The third-order valence-electron chi connectivity index (χ3n) is 5.44. The van der Waals surface area contributed by atoms with Crippen LogP contribution in [0.5, 0.6) is 11.5 Å². The topological polar surface area (TPSA) is 62.4 Å². The quantitative estimate of drug-likeness (QED) is 0.640. The molecule has 2 N–H and O–H groups in total. The van der Waals surface area contributed by atoms with Gasteiger partial charge in [-0.05, 0) is 30.7 Å². The Kier molecular flexibility index (Phi) is 5.97. The Morgan fingerprint density at radius 2 is 1.90 bits per heavy atom. The summed E-state index contributed by atoms with van der Waals surface area (Å²) in [4.78, 5) is 2.37. The number of para-hydroxylation sites is 2. The number of benzene rings is 2. The molecule has 0 spiro atoms. The molecule has 7 heteroatoms. The van der Waals surface area contributed by atoms with Crippen molar-refractivity contribution in [3.05, 3.63) is 54.0 Å². The third-order valence-corrected chi connectivity index (χ3v) is 5.44. The Balaban J connectivity index is 1.59. The Morgan fingerprint density at radius 3 is 2.66 bits per heavy atom. The Morgan fingerprint density at radius 1 is 1.14 bits per heavy atom. The van der Waals surface area contributed by atoms with Gasteiger partial charge in [-0.25, -0.2) is 4.39 Å². The average molecular weight is 398 g/mol. The van der Waals surface area contributed by atoms with Crippen molar-refractivity contribution in [2.75, 3.05) is 33.3 Å². The van der Waals surface area contributed by atoms with Gasteiger partial charge < -0.3 is 14.8 Å². The van der Waals surface area contributed by atoms with E-state index in [-0.39, 0.29) is 18.0 Å². The van der Waals surface area contributed by atoms with Crippen molar-refractivity contribution in [2.24, 2.45) is 5.92 Å². The van der Waals surface area contributed by atoms with Crippen molar-refractivity contribution in [1.29, 1.82) is 0 Å². The predicted octanol–water partition coefficient (Wildman–Crippen LogP) is 3.20. The summed E-state index contributed by atoms with van der Waals surface area (Å²) in [7, 11) is 1.65. The molecule has 0 saturated carbocycles.